The number of hydrogen-bond acceptors (Lipinski definition) is 6. The predicted molar refractivity (Wildman–Crippen MR) is 166 cm³/mol. The van der Waals surface area contributed by atoms with E-state index >= 15 is 0 Å². The van der Waals surface area contributed by atoms with Gasteiger partial charge in [0.25, 0.3) is 0 Å². The van der Waals surface area contributed by atoms with Gasteiger partial charge in [-0.3, -0.25) is 14.4 Å². The van der Waals surface area contributed by atoms with Crippen molar-refractivity contribution in [3.05, 3.63) is 0 Å². The summed E-state index contributed by atoms with van der Waals surface area (Å²) in [6, 6.07) is 0. The van der Waals surface area contributed by atoms with Crippen molar-refractivity contribution in [2.75, 3.05) is 6.61 Å². The molecule has 0 bridgehead atoms. The van der Waals surface area contributed by atoms with Crippen LogP contribution in [0.3, 0.4) is 0 Å². The van der Waals surface area contributed by atoms with E-state index < -0.39 is 0 Å². The molecule has 0 heterocycles. The van der Waals surface area contributed by atoms with Crippen LogP contribution in [0.4, 0.5) is 0 Å². The second kappa shape index (κ2) is 31.9. The van der Waals surface area contributed by atoms with Gasteiger partial charge in [0.2, 0.25) is 0 Å². The largest absolute Gasteiger partial charge is 0.466 e. The molecule has 0 aromatic heterocycles. The first kappa shape index (κ1) is 40.5. The third-order valence-corrected chi connectivity index (χ3v) is 6.49. The zero-order valence-corrected chi connectivity index (χ0v) is 27.4. The fourth-order valence-corrected chi connectivity index (χ4v) is 4.23. The molecule has 0 amide bonds. The molecule has 40 heavy (non-hydrogen) atoms. The highest BCUT2D eigenvalue weighted by molar-refractivity contribution is 5.70. The summed E-state index contributed by atoms with van der Waals surface area (Å²) in [5.74, 6) is -0.206. The maximum atomic E-state index is 11.4. The van der Waals surface area contributed by atoms with Crippen molar-refractivity contribution in [3.8, 4) is 0 Å². The summed E-state index contributed by atoms with van der Waals surface area (Å²) in [6.07, 6.45) is 24.3. The van der Waals surface area contributed by atoms with Crippen molar-refractivity contribution in [2.45, 2.75) is 195 Å². The van der Waals surface area contributed by atoms with E-state index in [1.54, 1.807) is 0 Å². The van der Waals surface area contributed by atoms with Gasteiger partial charge in [-0.05, 0) is 53.4 Å². The fourth-order valence-electron chi connectivity index (χ4n) is 4.23. The SMILES string of the molecule is CC(C)OC(=O)CCCCCCCCC(=O)OC(C)C.CCCCCCCCCCCCCC(=O)OCCCC. The Morgan fingerprint density at radius 2 is 0.725 bits per heavy atom. The zero-order chi connectivity index (χ0) is 30.3. The molecule has 0 unspecified atom stereocenters. The normalized spacial score (nSPS) is 10.8. The molecular formula is C34H66O6. The van der Waals surface area contributed by atoms with Gasteiger partial charge in [-0.25, -0.2) is 0 Å². The molecule has 0 fully saturated rings. The number of rotatable bonds is 26. The van der Waals surface area contributed by atoms with Crippen molar-refractivity contribution in [2.24, 2.45) is 0 Å². The van der Waals surface area contributed by atoms with Crippen LogP contribution in [-0.4, -0.2) is 36.7 Å². The van der Waals surface area contributed by atoms with Crippen LogP contribution in [0.15, 0.2) is 0 Å². The molecule has 6 nitrogen and oxygen atoms in total. The minimum Gasteiger partial charge on any atom is -0.466 e. The molecule has 0 rings (SSSR count). The minimum absolute atomic E-state index is 0.00521. The van der Waals surface area contributed by atoms with Crippen LogP contribution < -0.4 is 0 Å². The highest BCUT2D eigenvalue weighted by atomic mass is 16.5. The maximum absolute atomic E-state index is 11.4. The summed E-state index contributed by atoms with van der Waals surface area (Å²) in [7, 11) is 0. The van der Waals surface area contributed by atoms with Crippen molar-refractivity contribution < 1.29 is 28.6 Å². The second-order valence-corrected chi connectivity index (χ2v) is 11.6. The average Bonchev–Trinajstić information content (AvgIpc) is 2.88. The average molecular weight is 571 g/mol. The third kappa shape index (κ3) is 36.4. The summed E-state index contributed by atoms with van der Waals surface area (Å²) < 4.78 is 15.3. The Kier molecular flexibility index (Phi) is 32.4. The molecule has 0 radical (unpaired) electrons. The molecule has 0 saturated heterocycles. The molecular weight excluding hydrogens is 504 g/mol. The molecule has 0 saturated carbocycles. The molecule has 0 atom stereocenters. The quantitative estimate of drug-likeness (QED) is 0.0585. The highest BCUT2D eigenvalue weighted by Crippen LogP contribution is 2.12. The smallest absolute Gasteiger partial charge is 0.306 e. The monoisotopic (exact) mass is 570 g/mol. The Bertz CT molecular complexity index is 545. The molecule has 6 heteroatoms. The lowest BCUT2D eigenvalue weighted by atomic mass is 10.1. The minimum atomic E-state index is -0.101. The van der Waals surface area contributed by atoms with E-state index in [2.05, 4.69) is 13.8 Å². The van der Waals surface area contributed by atoms with Crippen molar-refractivity contribution in [1.29, 1.82) is 0 Å². The van der Waals surface area contributed by atoms with Crippen LogP contribution in [0.2, 0.25) is 0 Å². The van der Waals surface area contributed by atoms with E-state index in [0.717, 1.165) is 57.8 Å². The van der Waals surface area contributed by atoms with E-state index in [-0.39, 0.29) is 30.1 Å². The second-order valence-electron chi connectivity index (χ2n) is 11.6. The Morgan fingerprint density at radius 1 is 0.425 bits per heavy atom. The molecule has 238 valence electrons. The van der Waals surface area contributed by atoms with Crippen LogP contribution in [0, 0.1) is 0 Å². The zero-order valence-electron chi connectivity index (χ0n) is 27.4. The first-order valence-electron chi connectivity index (χ1n) is 16.8. The third-order valence-electron chi connectivity index (χ3n) is 6.49. The van der Waals surface area contributed by atoms with Crippen molar-refractivity contribution in [1.82, 2.24) is 0 Å². The lowest BCUT2D eigenvalue weighted by Crippen LogP contribution is -2.11. The number of esters is 3. The van der Waals surface area contributed by atoms with Crippen LogP contribution in [0.5, 0.6) is 0 Å². The maximum Gasteiger partial charge on any atom is 0.306 e. The number of carbonyl (C=O) groups excluding carboxylic acids is 3. The highest BCUT2D eigenvalue weighted by Gasteiger charge is 2.06. The van der Waals surface area contributed by atoms with Crippen LogP contribution in [-0.2, 0) is 28.6 Å². The van der Waals surface area contributed by atoms with Gasteiger partial charge in [0, 0.05) is 19.3 Å². The van der Waals surface area contributed by atoms with Gasteiger partial charge < -0.3 is 14.2 Å². The van der Waals surface area contributed by atoms with Gasteiger partial charge in [0.05, 0.1) is 18.8 Å². The van der Waals surface area contributed by atoms with E-state index in [1.165, 1.54) is 64.2 Å². The number of unbranched alkanes of at least 4 members (excludes halogenated alkanes) is 16. The molecule has 0 aliphatic rings. The Labute approximate surface area is 248 Å². The van der Waals surface area contributed by atoms with Crippen molar-refractivity contribution in [3.63, 3.8) is 0 Å². The van der Waals surface area contributed by atoms with E-state index in [4.69, 9.17) is 14.2 Å². The number of carbonyl (C=O) groups is 3. The Morgan fingerprint density at radius 3 is 1.05 bits per heavy atom. The van der Waals surface area contributed by atoms with Crippen LogP contribution >= 0.6 is 0 Å². The van der Waals surface area contributed by atoms with E-state index in [0.29, 0.717) is 25.9 Å². The first-order valence-corrected chi connectivity index (χ1v) is 16.8. The molecule has 0 aromatic carbocycles. The number of hydrogen-bond donors (Lipinski definition) is 0. The number of ether oxygens (including phenoxy) is 3. The lowest BCUT2D eigenvalue weighted by molar-refractivity contribution is -0.148. The van der Waals surface area contributed by atoms with Crippen LogP contribution in [0.25, 0.3) is 0 Å². The lowest BCUT2D eigenvalue weighted by Gasteiger charge is -2.08. The molecule has 0 N–H and O–H groups in total. The molecule has 0 aromatic rings. The van der Waals surface area contributed by atoms with Crippen LogP contribution in [0.1, 0.15) is 183 Å². The summed E-state index contributed by atoms with van der Waals surface area (Å²) in [4.78, 5) is 33.9. The topological polar surface area (TPSA) is 78.9 Å². The molecule has 0 aliphatic carbocycles. The fraction of sp³-hybridized carbons (Fsp3) is 0.912. The van der Waals surface area contributed by atoms with E-state index in [9.17, 15) is 14.4 Å². The first-order chi connectivity index (χ1) is 19.2. The van der Waals surface area contributed by atoms with E-state index in [1.807, 2.05) is 27.7 Å². The van der Waals surface area contributed by atoms with Crippen molar-refractivity contribution >= 4 is 17.9 Å². The summed E-state index contributed by atoms with van der Waals surface area (Å²) in [5.41, 5.74) is 0. The predicted octanol–water partition coefficient (Wildman–Crippen LogP) is 10.0. The summed E-state index contributed by atoms with van der Waals surface area (Å²) in [6.45, 7) is 12.4. The van der Waals surface area contributed by atoms with Gasteiger partial charge in [0.15, 0.2) is 0 Å². The molecule has 0 aliphatic heterocycles. The van der Waals surface area contributed by atoms with Gasteiger partial charge in [-0.2, -0.15) is 0 Å². The van der Waals surface area contributed by atoms with Gasteiger partial charge >= 0.3 is 17.9 Å². The van der Waals surface area contributed by atoms with Gasteiger partial charge in [-0.15, -0.1) is 0 Å². The van der Waals surface area contributed by atoms with Gasteiger partial charge in [0.1, 0.15) is 0 Å². The Balaban J connectivity index is 0. The standard InChI is InChI=1S/C18H36O2.C16H30O4/c1-3-5-7-8-9-10-11-12-13-14-15-16-18(19)20-17-6-4-2;1-13(2)19-15(17)11-9-7-5-6-8-10-12-16(18)20-14(3)4/h3-17H2,1-2H3;13-14H,5-12H2,1-4H3. The Hall–Kier alpha value is -1.59. The van der Waals surface area contributed by atoms with Gasteiger partial charge in [-0.1, -0.05) is 110 Å². The molecule has 0 spiro atoms. The summed E-state index contributed by atoms with van der Waals surface area (Å²) in [5, 5.41) is 0. The summed E-state index contributed by atoms with van der Waals surface area (Å²) >= 11 is 0.